The van der Waals surface area contributed by atoms with E-state index in [1.807, 2.05) is 6.92 Å². The molecule has 0 aromatic carbocycles. The monoisotopic (exact) mass is 301 g/mol. The van der Waals surface area contributed by atoms with Gasteiger partial charge in [-0.2, -0.15) is 0 Å². The molecule has 116 valence electrons. The van der Waals surface area contributed by atoms with E-state index in [0.29, 0.717) is 5.76 Å². The van der Waals surface area contributed by atoms with E-state index in [1.54, 1.807) is 24.7 Å². The number of hydrogen-bond donors (Lipinski definition) is 1. The summed E-state index contributed by atoms with van der Waals surface area (Å²) in [5, 5.41) is 6.84. The predicted octanol–water partition coefficient (Wildman–Crippen LogP) is 1.10. The van der Waals surface area contributed by atoms with Crippen molar-refractivity contribution in [3.05, 3.63) is 36.1 Å². The van der Waals surface area contributed by atoms with Gasteiger partial charge < -0.3 is 14.7 Å². The second-order valence-electron chi connectivity index (χ2n) is 5.50. The van der Waals surface area contributed by atoms with E-state index in [4.69, 9.17) is 4.52 Å². The maximum absolute atomic E-state index is 12.0. The van der Waals surface area contributed by atoms with Gasteiger partial charge in [-0.05, 0) is 19.8 Å². The van der Waals surface area contributed by atoms with Gasteiger partial charge in [0.2, 0.25) is 5.91 Å². The lowest BCUT2D eigenvalue weighted by molar-refractivity contribution is -0.121. The quantitative estimate of drug-likeness (QED) is 0.910. The molecule has 1 fully saturated rings. The summed E-state index contributed by atoms with van der Waals surface area (Å²) in [5.41, 5.74) is 0.792. The van der Waals surface area contributed by atoms with Crippen molar-refractivity contribution in [2.75, 3.05) is 18.0 Å². The van der Waals surface area contributed by atoms with Crippen LogP contribution < -0.4 is 10.2 Å². The van der Waals surface area contributed by atoms with Crippen molar-refractivity contribution < 1.29 is 9.32 Å². The zero-order chi connectivity index (χ0) is 15.4. The van der Waals surface area contributed by atoms with Crippen molar-refractivity contribution in [1.29, 1.82) is 0 Å². The molecule has 0 spiro atoms. The largest absolute Gasteiger partial charge is 0.361 e. The molecule has 0 atom stereocenters. The van der Waals surface area contributed by atoms with Crippen molar-refractivity contribution in [1.82, 2.24) is 20.4 Å². The molecule has 2 aromatic rings. The van der Waals surface area contributed by atoms with Gasteiger partial charge in [-0.25, -0.2) is 4.98 Å². The second kappa shape index (κ2) is 6.55. The van der Waals surface area contributed by atoms with Gasteiger partial charge in [-0.15, -0.1) is 0 Å². The summed E-state index contributed by atoms with van der Waals surface area (Å²) in [6.45, 7) is 3.57. The van der Waals surface area contributed by atoms with Crippen molar-refractivity contribution in [2.24, 2.45) is 0 Å². The number of aryl methyl sites for hydroxylation is 1. The first-order valence-corrected chi connectivity index (χ1v) is 7.43. The number of amides is 1. The topological polar surface area (TPSA) is 84.2 Å². The van der Waals surface area contributed by atoms with E-state index in [0.717, 1.165) is 37.4 Å². The summed E-state index contributed by atoms with van der Waals surface area (Å²) < 4.78 is 5.06. The third-order valence-electron chi connectivity index (χ3n) is 3.75. The molecule has 0 saturated carbocycles. The second-order valence-corrected chi connectivity index (χ2v) is 5.50. The van der Waals surface area contributed by atoms with Crippen LogP contribution in [0.4, 0.5) is 5.82 Å². The first-order valence-electron chi connectivity index (χ1n) is 7.43. The molecule has 3 rings (SSSR count). The summed E-state index contributed by atoms with van der Waals surface area (Å²) in [4.78, 5) is 22.6. The fraction of sp³-hybridized carbons (Fsp3) is 0.467. The van der Waals surface area contributed by atoms with E-state index in [-0.39, 0.29) is 18.4 Å². The lowest BCUT2D eigenvalue weighted by Gasteiger charge is -2.32. The van der Waals surface area contributed by atoms with Crippen LogP contribution in [0.25, 0.3) is 0 Å². The Kier molecular flexibility index (Phi) is 4.32. The average molecular weight is 301 g/mol. The highest BCUT2D eigenvalue weighted by Crippen LogP contribution is 2.16. The minimum atomic E-state index is -0.0193. The highest BCUT2D eigenvalue weighted by atomic mass is 16.5. The van der Waals surface area contributed by atoms with Gasteiger partial charge >= 0.3 is 0 Å². The van der Waals surface area contributed by atoms with Crippen molar-refractivity contribution in [3.8, 4) is 0 Å². The SMILES string of the molecule is Cc1cc(CC(=O)NC2CCN(c3cnccn3)CC2)on1. The zero-order valence-corrected chi connectivity index (χ0v) is 12.5. The number of piperidine rings is 1. The van der Waals surface area contributed by atoms with Crippen LogP contribution in [-0.4, -0.2) is 40.2 Å². The van der Waals surface area contributed by atoms with E-state index in [2.05, 4.69) is 25.3 Å². The molecule has 0 bridgehead atoms. The number of carbonyl (C=O) groups is 1. The number of hydrogen-bond acceptors (Lipinski definition) is 6. The van der Waals surface area contributed by atoms with E-state index >= 15 is 0 Å². The van der Waals surface area contributed by atoms with Crippen LogP contribution in [0.3, 0.4) is 0 Å². The lowest BCUT2D eigenvalue weighted by Crippen LogP contribution is -2.45. The third kappa shape index (κ3) is 3.60. The normalized spacial score (nSPS) is 15.8. The van der Waals surface area contributed by atoms with E-state index in [9.17, 15) is 4.79 Å². The number of aromatic nitrogens is 3. The maximum atomic E-state index is 12.0. The molecule has 22 heavy (non-hydrogen) atoms. The predicted molar refractivity (Wildman–Crippen MR) is 80.4 cm³/mol. The van der Waals surface area contributed by atoms with Gasteiger partial charge in [0.15, 0.2) is 0 Å². The molecule has 0 aliphatic carbocycles. The molecule has 0 radical (unpaired) electrons. The van der Waals surface area contributed by atoms with Crippen molar-refractivity contribution >= 4 is 11.7 Å². The molecule has 1 aliphatic heterocycles. The standard InChI is InChI=1S/C15H19N5O2/c1-11-8-13(22-19-11)9-15(21)18-12-2-6-20(7-3-12)14-10-16-4-5-17-14/h4-5,8,10,12H,2-3,6-7,9H2,1H3,(H,18,21). The molecular weight excluding hydrogens is 282 g/mol. The Labute approximate surface area is 128 Å². The van der Waals surface area contributed by atoms with Gasteiger partial charge in [0.25, 0.3) is 0 Å². The molecule has 1 N–H and O–H groups in total. The third-order valence-corrected chi connectivity index (χ3v) is 3.75. The van der Waals surface area contributed by atoms with Crippen LogP contribution in [0.1, 0.15) is 24.3 Å². The highest BCUT2D eigenvalue weighted by Gasteiger charge is 2.22. The summed E-state index contributed by atoms with van der Waals surface area (Å²) in [6.07, 6.45) is 7.18. The first-order chi connectivity index (χ1) is 10.7. The van der Waals surface area contributed by atoms with Crippen LogP contribution in [0.15, 0.2) is 29.2 Å². The highest BCUT2D eigenvalue weighted by molar-refractivity contribution is 5.78. The number of carbonyl (C=O) groups excluding carboxylic acids is 1. The number of anilines is 1. The Morgan fingerprint density at radius 2 is 2.23 bits per heavy atom. The Bertz CT molecular complexity index is 620. The molecule has 2 aromatic heterocycles. The number of nitrogens with one attached hydrogen (secondary N) is 1. The molecular formula is C15H19N5O2. The summed E-state index contributed by atoms with van der Waals surface area (Å²) in [7, 11) is 0. The Morgan fingerprint density at radius 3 is 2.86 bits per heavy atom. The van der Waals surface area contributed by atoms with Crippen LogP contribution in [0.2, 0.25) is 0 Å². The van der Waals surface area contributed by atoms with Crippen LogP contribution in [0.5, 0.6) is 0 Å². The fourth-order valence-corrected chi connectivity index (χ4v) is 2.64. The number of rotatable bonds is 4. The molecule has 3 heterocycles. The Morgan fingerprint density at radius 1 is 1.41 bits per heavy atom. The molecule has 7 heteroatoms. The van der Waals surface area contributed by atoms with Gasteiger partial charge in [0.05, 0.1) is 18.3 Å². The number of nitrogens with zero attached hydrogens (tertiary/aromatic N) is 4. The Balaban J connectivity index is 1.46. The molecule has 1 amide bonds. The zero-order valence-electron chi connectivity index (χ0n) is 12.5. The summed E-state index contributed by atoms with van der Waals surface area (Å²) in [6, 6.07) is 1.99. The van der Waals surface area contributed by atoms with Gasteiger partial charge in [-0.1, -0.05) is 5.16 Å². The smallest absolute Gasteiger partial charge is 0.227 e. The molecule has 7 nitrogen and oxygen atoms in total. The first kappa shape index (κ1) is 14.5. The van der Waals surface area contributed by atoms with Crippen molar-refractivity contribution in [3.63, 3.8) is 0 Å². The molecule has 0 unspecified atom stereocenters. The maximum Gasteiger partial charge on any atom is 0.227 e. The van der Waals surface area contributed by atoms with Crippen LogP contribution in [-0.2, 0) is 11.2 Å². The van der Waals surface area contributed by atoms with E-state index in [1.165, 1.54) is 0 Å². The minimum Gasteiger partial charge on any atom is -0.361 e. The van der Waals surface area contributed by atoms with Gasteiger partial charge in [0.1, 0.15) is 11.6 Å². The molecule has 1 saturated heterocycles. The van der Waals surface area contributed by atoms with Gasteiger partial charge in [-0.3, -0.25) is 9.78 Å². The van der Waals surface area contributed by atoms with Crippen LogP contribution in [0, 0.1) is 6.92 Å². The molecule has 1 aliphatic rings. The average Bonchev–Trinajstić information content (AvgIpc) is 2.94. The van der Waals surface area contributed by atoms with Gasteiger partial charge in [0, 0.05) is 37.6 Å². The van der Waals surface area contributed by atoms with Crippen molar-refractivity contribution in [2.45, 2.75) is 32.2 Å². The lowest BCUT2D eigenvalue weighted by atomic mass is 10.0. The van der Waals surface area contributed by atoms with Crippen LogP contribution >= 0.6 is 0 Å². The van der Waals surface area contributed by atoms with E-state index < -0.39 is 0 Å². The fourth-order valence-electron chi connectivity index (χ4n) is 2.64. The summed E-state index contributed by atoms with van der Waals surface area (Å²) in [5.74, 6) is 1.48. The minimum absolute atomic E-state index is 0.0193. The summed E-state index contributed by atoms with van der Waals surface area (Å²) >= 11 is 0. The Hall–Kier alpha value is -2.44.